The standard InChI is InChI=1S/C29H32N2O5.C20H16N2O4.C9H17ClO.CH5P.CH4/c1-3-5-6-7-8-9-14-25(32)36-29(4-2)22-16-24-26-20(15-19-12-10-11-13-23(19)30-26)17-31(24)27(33)21(22)18-35-28(29)34;1-2-20(25)14-8-16-17-12(7-11-5-3-4-6-15(11)21-17)9-22(16)18(23)13(14)10-26-19(20)24;1-2-3-4-5-6-7-8-9(10)11;1-2;/h10-13,15-16H,3-9,14,17-18H2,1-2H3;3-8,25H,2,9-10H2,1H3;2-8H2,1H3;2H2,1H3;1H4/t29-;20-;;;/m00.../s1/i;;;1T;. The van der Waals surface area contributed by atoms with Crippen LogP contribution in [0.5, 0.6) is 0 Å². The van der Waals surface area contributed by atoms with Gasteiger partial charge < -0.3 is 28.5 Å². The van der Waals surface area contributed by atoms with E-state index in [9.17, 15) is 33.9 Å². The van der Waals surface area contributed by atoms with Gasteiger partial charge in [0.2, 0.25) is 10.8 Å². The Morgan fingerprint density at radius 2 is 1.12 bits per heavy atom. The summed E-state index contributed by atoms with van der Waals surface area (Å²) in [4.78, 5) is 84.5. The second-order valence-electron chi connectivity index (χ2n) is 19.4. The molecular weight excluding hydrogens is 1000 g/mol. The zero-order chi connectivity index (χ0) is 54.6. The number of rotatable bonds is 17. The Bertz CT molecular complexity index is 3230. The van der Waals surface area contributed by atoms with Crippen molar-refractivity contribution >= 4 is 65.8 Å². The maximum atomic E-state index is 13.6. The summed E-state index contributed by atoms with van der Waals surface area (Å²) in [6.07, 6.45) is 14.6. The summed E-state index contributed by atoms with van der Waals surface area (Å²) in [7, 11) is 2.25. The van der Waals surface area contributed by atoms with Gasteiger partial charge >= 0.3 is 17.9 Å². The predicted molar refractivity (Wildman–Crippen MR) is 302 cm³/mol. The lowest BCUT2D eigenvalue weighted by atomic mass is 9.85. The molecule has 0 bridgehead atoms. The Balaban J connectivity index is 0.000000204. The van der Waals surface area contributed by atoms with Gasteiger partial charge in [0.15, 0.2) is 5.60 Å². The second kappa shape index (κ2) is 26.8. The number of esters is 3. The summed E-state index contributed by atoms with van der Waals surface area (Å²) < 4.78 is 25.9. The fourth-order valence-corrected chi connectivity index (χ4v) is 10.5. The fourth-order valence-electron chi connectivity index (χ4n) is 10.3. The number of carbonyl (C=O) groups is 4. The van der Waals surface area contributed by atoms with E-state index in [1.54, 1.807) is 29.0 Å². The van der Waals surface area contributed by atoms with Crippen molar-refractivity contribution in [2.45, 2.75) is 175 Å². The van der Waals surface area contributed by atoms with E-state index in [0.717, 1.165) is 76.4 Å². The molecule has 4 aliphatic rings. The smallest absolute Gasteiger partial charge is 0.355 e. The van der Waals surface area contributed by atoms with Crippen molar-refractivity contribution in [1.82, 2.24) is 19.1 Å². The number of para-hydroxylation sites is 2. The summed E-state index contributed by atoms with van der Waals surface area (Å²) >= 11 is 5.18. The monoisotopic (exact) mass is 1080 g/mol. The molecule has 0 saturated heterocycles. The van der Waals surface area contributed by atoms with Crippen molar-refractivity contribution in [1.29, 1.82) is 0 Å². The highest BCUT2D eigenvalue weighted by Gasteiger charge is 2.50. The normalized spacial score (nSPS) is 17.2. The molecule has 1 unspecified atom stereocenters. The molecule has 0 amide bonds. The highest BCUT2D eigenvalue weighted by Crippen LogP contribution is 2.42. The van der Waals surface area contributed by atoms with Crippen molar-refractivity contribution in [2.24, 2.45) is 0 Å². The van der Waals surface area contributed by atoms with E-state index in [-0.39, 0.29) is 56.3 Å². The molecule has 0 aliphatic carbocycles. The first kappa shape index (κ1) is 57.6. The Labute approximate surface area is 454 Å². The zero-order valence-corrected chi connectivity index (χ0v) is 45.6. The van der Waals surface area contributed by atoms with Crippen LogP contribution in [-0.4, -0.2) is 54.0 Å². The third kappa shape index (κ3) is 12.4. The number of nitrogens with zero attached hydrogens (tertiary/aromatic N) is 4. The number of cyclic esters (lactones) is 2. The lowest BCUT2D eigenvalue weighted by Gasteiger charge is -2.35. The summed E-state index contributed by atoms with van der Waals surface area (Å²) in [5.74, 6) is -1.77. The molecule has 4 aromatic heterocycles. The van der Waals surface area contributed by atoms with Gasteiger partial charge in [-0.2, -0.15) is 0 Å². The molecule has 1 N–H and O–H groups in total. The molecule has 16 heteroatoms. The first-order chi connectivity index (χ1) is 36.7. The van der Waals surface area contributed by atoms with Crippen molar-refractivity contribution in [3.8, 4) is 22.8 Å². The summed E-state index contributed by atoms with van der Waals surface area (Å²) in [5, 5.41) is 12.7. The molecule has 0 radical (unpaired) electrons. The average molecular weight is 1080 g/mol. The molecule has 14 nitrogen and oxygen atoms in total. The molecule has 0 fully saturated rings. The summed E-state index contributed by atoms with van der Waals surface area (Å²) in [6, 6.07) is 23.2. The van der Waals surface area contributed by atoms with Crippen LogP contribution in [0.4, 0.5) is 0 Å². The Kier molecular flexibility index (Phi) is 20.3. The van der Waals surface area contributed by atoms with E-state index < -0.39 is 29.1 Å². The second-order valence-corrected chi connectivity index (χ2v) is 19.8. The van der Waals surface area contributed by atoms with Crippen LogP contribution in [0, 0.1) is 0 Å². The molecule has 2 aromatic carbocycles. The van der Waals surface area contributed by atoms with Crippen LogP contribution in [0.3, 0.4) is 0 Å². The van der Waals surface area contributed by atoms with Crippen molar-refractivity contribution < 1.29 is 39.9 Å². The van der Waals surface area contributed by atoms with Gasteiger partial charge in [0.1, 0.15) is 13.2 Å². The first-order valence-electron chi connectivity index (χ1n) is 27.2. The lowest BCUT2D eigenvalue weighted by molar-refractivity contribution is -0.189. The van der Waals surface area contributed by atoms with E-state index in [1.165, 1.54) is 38.5 Å². The average Bonchev–Trinajstić information content (AvgIpc) is 4.02. The van der Waals surface area contributed by atoms with Crippen LogP contribution in [-0.2, 0) is 70.9 Å². The predicted octanol–water partition coefficient (Wildman–Crippen LogP) is 12.1. The number of halogens is 1. The molecule has 406 valence electrons. The van der Waals surface area contributed by atoms with Crippen LogP contribution in [0.1, 0.15) is 173 Å². The number of hydrogen-bond acceptors (Lipinski definition) is 12. The number of pyridine rings is 4. The van der Waals surface area contributed by atoms with E-state index in [2.05, 4.69) is 29.2 Å². The minimum Gasteiger partial charge on any atom is -0.458 e. The number of benzene rings is 2. The van der Waals surface area contributed by atoms with Crippen LogP contribution in [0.2, 0.25) is 0 Å². The van der Waals surface area contributed by atoms with E-state index in [0.29, 0.717) is 66.2 Å². The van der Waals surface area contributed by atoms with Crippen molar-refractivity contribution in [3.63, 3.8) is 0 Å². The molecule has 0 saturated carbocycles. The maximum absolute atomic E-state index is 13.6. The first-order valence-corrected chi connectivity index (χ1v) is 27.7. The third-order valence-electron chi connectivity index (χ3n) is 14.6. The van der Waals surface area contributed by atoms with Gasteiger partial charge in [-0.05, 0) is 73.7 Å². The number of hydrogen-bond donors (Lipinski definition) is 1. The molecule has 76 heavy (non-hydrogen) atoms. The molecule has 0 spiro atoms. The summed E-state index contributed by atoms with van der Waals surface area (Å²) in [6.45, 7) is 8.84. The highest BCUT2D eigenvalue weighted by molar-refractivity contribution is 7.15. The fraction of sp³-hybridized carbons (Fsp3) is 0.467. The number of aromatic nitrogens is 4. The van der Waals surface area contributed by atoms with Crippen LogP contribution < -0.4 is 11.1 Å². The topological polar surface area (TPSA) is 186 Å². The van der Waals surface area contributed by atoms with Gasteiger partial charge in [0.05, 0.1) is 58.0 Å². The largest absolute Gasteiger partial charge is 0.458 e. The maximum Gasteiger partial charge on any atom is 0.355 e. The van der Waals surface area contributed by atoms with E-state index in [1.807, 2.05) is 60.7 Å². The Hall–Kier alpha value is -6.08. The van der Waals surface area contributed by atoms with Gasteiger partial charge in [-0.15, -0.1) is 9.24 Å². The van der Waals surface area contributed by atoms with Crippen LogP contribution in [0.25, 0.3) is 44.6 Å². The van der Waals surface area contributed by atoms with Crippen LogP contribution in [0.15, 0.2) is 82.4 Å². The molecule has 4 aliphatic heterocycles. The number of unbranched alkanes of at least 4 members (excludes halogenated alkanes) is 10. The number of fused-ring (bicyclic) bond motifs is 10. The minimum absolute atomic E-state index is 0. The van der Waals surface area contributed by atoms with Crippen molar-refractivity contribution in [3.05, 3.63) is 127 Å². The molecule has 10 rings (SSSR count). The molecular formula is C60H74ClN4O10P. The Morgan fingerprint density at radius 1 is 0.671 bits per heavy atom. The van der Waals surface area contributed by atoms with Gasteiger partial charge in [0, 0.05) is 47.2 Å². The van der Waals surface area contributed by atoms with Gasteiger partial charge in [-0.3, -0.25) is 19.2 Å². The number of aliphatic hydroxyl groups is 1. The number of ether oxygens (including phenoxy) is 3. The number of carbonyl (C=O) groups excluding carboxylic acids is 4. The SMILES string of the molecule is C.CCCCCCCCC(=O)Cl.CCCCCCCCC(=O)O[C@]1(CC)C(=O)OCc2c1cc1n(c2=O)Cc2cc3ccccc3nc2-1.CC[C@@]1(O)C(=O)OCc2c1cc1n(c2=O)Cc2cc3ccccc3nc2-1.[3H]CP. The highest BCUT2D eigenvalue weighted by atomic mass is 35.5. The molecule has 6 aromatic rings. The van der Waals surface area contributed by atoms with Crippen LogP contribution >= 0.6 is 20.8 Å². The quantitative estimate of drug-likeness (QED) is 0.0299. The lowest BCUT2D eigenvalue weighted by Crippen LogP contribution is -2.47. The Morgan fingerprint density at radius 3 is 1.61 bits per heavy atom. The van der Waals surface area contributed by atoms with Gasteiger partial charge in [-0.25, -0.2) is 19.6 Å². The zero-order valence-electron chi connectivity index (χ0n) is 44.6. The minimum atomic E-state index is -1.79. The molecule has 3 atom stereocenters. The van der Waals surface area contributed by atoms with E-state index in [4.69, 9.17) is 37.2 Å². The summed E-state index contributed by atoms with van der Waals surface area (Å²) in [5.41, 5.74) is 3.89. The van der Waals surface area contributed by atoms with Gasteiger partial charge in [-0.1, -0.05) is 142 Å². The molecule has 8 heterocycles. The van der Waals surface area contributed by atoms with Gasteiger partial charge in [0.25, 0.3) is 11.1 Å². The van der Waals surface area contributed by atoms with Crippen molar-refractivity contribution in [2.75, 3.05) is 6.64 Å². The third-order valence-corrected chi connectivity index (χ3v) is 14.7. The van der Waals surface area contributed by atoms with E-state index >= 15 is 0 Å².